The van der Waals surface area contributed by atoms with Crippen molar-refractivity contribution in [2.75, 3.05) is 14.2 Å². The van der Waals surface area contributed by atoms with Crippen molar-refractivity contribution in [3.05, 3.63) is 65.7 Å². The molecule has 110 valence electrons. The number of ether oxygens (including phenoxy) is 1. The first-order valence-electron chi connectivity index (χ1n) is 6.85. The smallest absolute Gasteiger partial charge is 0.317 e. The number of nitrogens with one attached hydrogen (secondary N) is 1. The largest absolute Gasteiger partial charge is 0.497 e. The second-order valence-electron chi connectivity index (χ2n) is 4.85. The molecule has 0 unspecified atom stereocenters. The van der Waals surface area contributed by atoms with Crippen molar-refractivity contribution >= 4 is 6.03 Å². The molecule has 21 heavy (non-hydrogen) atoms. The van der Waals surface area contributed by atoms with Gasteiger partial charge in [0.15, 0.2) is 0 Å². The van der Waals surface area contributed by atoms with Gasteiger partial charge in [0.05, 0.1) is 7.11 Å². The molecule has 4 heteroatoms. The number of carbonyl (C=O) groups is 1. The standard InChI is InChI=1S/C17H20N2O2/c1-19(13-14-7-4-3-5-8-14)17(20)18-12-15-9-6-10-16(11-15)21-2/h3-11H,12-13H2,1-2H3,(H,18,20). The number of methoxy groups -OCH3 is 1. The molecular weight excluding hydrogens is 264 g/mol. The molecule has 2 amide bonds. The number of carbonyl (C=O) groups excluding carboxylic acids is 1. The summed E-state index contributed by atoms with van der Waals surface area (Å²) >= 11 is 0. The van der Waals surface area contributed by atoms with Crippen LogP contribution in [-0.4, -0.2) is 25.1 Å². The molecule has 2 aromatic carbocycles. The summed E-state index contributed by atoms with van der Waals surface area (Å²) < 4.78 is 5.16. The number of urea groups is 1. The zero-order valence-corrected chi connectivity index (χ0v) is 12.4. The van der Waals surface area contributed by atoms with Gasteiger partial charge in [0.25, 0.3) is 0 Å². The fourth-order valence-electron chi connectivity index (χ4n) is 2.02. The van der Waals surface area contributed by atoms with Crippen LogP contribution in [0, 0.1) is 0 Å². The van der Waals surface area contributed by atoms with Gasteiger partial charge >= 0.3 is 6.03 Å². The van der Waals surface area contributed by atoms with Crippen LogP contribution in [0.5, 0.6) is 5.75 Å². The van der Waals surface area contributed by atoms with Crippen LogP contribution in [0.15, 0.2) is 54.6 Å². The molecule has 0 saturated carbocycles. The number of amides is 2. The maximum absolute atomic E-state index is 12.1. The van der Waals surface area contributed by atoms with Crippen LogP contribution < -0.4 is 10.1 Å². The van der Waals surface area contributed by atoms with Gasteiger partial charge in [0, 0.05) is 20.1 Å². The van der Waals surface area contributed by atoms with Gasteiger partial charge in [-0.3, -0.25) is 0 Å². The minimum atomic E-state index is -0.0957. The van der Waals surface area contributed by atoms with E-state index in [4.69, 9.17) is 4.74 Å². The number of hydrogen-bond donors (Lipinski definition) is 1. The van der Waals surface area contributed by atoms with Gasteiger partial charge in [-0.15, -0.1) is 0 Å². The lowest BCUT2D eigenvalue weighted by Crippen LogP contribution is -2.36. The molecule has 0 radical (unpaired) electrons. The number of rotatable bonds is 5. The summed E-state index contributed by atoms with van der Waals surface area (Å²) in [6.45, 7) is 1.07. The molecule has 0 aliphatic carbocycles. The fraction of sp³-hybridized carbons (Fsp3) is 0.235. The Bertz CT molecular complexity index is 584. The van der Waals surface area contributed by atoms with Crippen LogP contribution in [0.3, 0.4) is 0 Å². The Morgan fingerprint density at radius 3 is 2.52 bits per heavy atom. The summed E-state index contributed by atoms with van der Waals surface area (Å²) in [5.41, 5.74) is 2.12. The van der Waals surface area contributed by atoms with E-state index in [0.717, 1.165) is 16.9 Å². The van der Waals surface area contributed by atoms with Crippen LogP contribution >= 0.6 is 0 Å². The first kappa shape index (κ1) is 14.9. The molecule has 2 aromatic rings. The Hall–Kier alpha value is -2.49. The van der Waals surface area contributed by atoms with E-state index in [2.05, 4.69) is 5.32 Å². The summed E-state index contributed by atoms with van der Waals surface area (Å²) in [5.74, 6) is 0.791. The lowest BCUT2D eigenvalue weighted by atomic mass is 10.2. The minimum Gasteiger partial charge on any atom is -0.497 e. The highest BCUT2D eigenvalue weighted by atomic mass is 16.5. The molecule has 0 bridgehead atoms. The van der Waals surface area contributed by atoms with Crippen LogP contribution in [0.25, 0.3) is 0 Å². The molecule has 0 aliphatic rings. The molecule has 0 atom stereocenters. The van der Waals surface area contributed by atoms with Gasteiger partial charge in [-0.2, -0.15) is 0 Å². The summed E-state index contributed by atoms with van der Waals surface area (Å²) in [6, 6.07) is 17.5. The Labute approximate surface area is 125 Å². The van der Waals surface area contributed by atoms with Crippen LogP contribution in [0.1, 0.15) is 11.1 Å². The third kappa shape index (κ3) is 4.53. The molecular formula is C17H20N2O2. The number of benzene rings is 2. The fourth-order valence-corrected chi connectivity index (χ4v) is 2.02. The van der Waals surface area contributed by atoms with Gasteiger partial charge in [0.1, 0.15) is 5.75 Å². The quantitative estimate of drug-likeness (QED) is 0.917. The van der Waals surface area contributed by atoms with E-state index in [1.54, 1.807) is 19.1 Å². The van der Waals surface area contributed by atoms with E-state index in [1.165, 1.54) is 0 Å². The van der Waals surface area contributed by atoms with Gasteiger partial charge in [0.2, 0.25) is 0 Å². The Morgan fingerprint density at radius 2 is 1.81 bits per heavy atom. The highest BCUT2D eigenvalue weighted by molar-refractivity contribution is 5.73. The molecule has 4 nitrogen and oxygen atoms in total. The topological polar surface area (TPSA) is 41.6 Å². The van der Waals surface area contributed by atoms with Crippen molar-refractivity contribution in [1.29, 1.82) is 0 Å². The van der Waals surface area contributed by atoms with E-state index < -0.39 is 0 Å². The van der Waals surface area contributed by atoms with Gasteiger partial charge in [-0.05, 0) is 23.3 Å². The first-order chi connectivity index (χ1) is 10.2. The Kier molecular flexibility index (Phi) is 5.21. The van der Waals surface area contributed by atoms with E-state index in [1.807, 2.05) is 54.6 Å². The second-order valence-corrected chi connectivity index (χ2v) is 4.85. The zero-order chi connectivity index (χ0) is 15.1. The molecule has 0 heterocycles. The normalized spacial score (nSPS) is 10.0. The molecule has 0 aliphatic heterocycles. The average Bonchev–Trinajstić information content (AvgIpc) is 2.53. The lowest BCUT2D eigenvalue weighted by Gasteiger charge is -2.18. The minimum absolute atomic E-state index is 0.0957. The third-order valence-corrected chi connectivity index (χ3v) is 3.19. The second kappa shape index (κ2) is 7.33. The van der Waals surface area contributed by atoms with Crippen molar-refractivity contribution in [2.45, 2.75) is 13.1 Å². The average molecular weight is 284 g/mol. The molecule has 0 saturated heterocycles. The highest BCUT2D eigenvalue weighted by Gasteiger charge is 2.08. The predicted octanol–water partition coefficient (Wildman–Crippen LogP) is 3.04. The van der Waals surface area contributed by atoms with E-state index >= 15 is 0 Å². The maximum atomic E-state index is 12.1. The molecule has 0 spiro atoms. The van der Waals surface area contributed by atoms with Crippen molar-refractivity contribution < 1.29 is 9.53 Å². The molecule has 2 rings (SSSR count). The predicted molar refractivity (Wildman–Crippen MR) is 83.1 cm³/mol. The van der Waals surface area contributed by atoms with Crippen molar-refractivity contribution in [2.24, 2.45) is 0 Å². The van der Waals surface area contributed by atoms with Gasteiger partial charge < -0.3 is 15.0 Å². The Morgan fingerprint density at radius 1 is 1.10 bits per heavy atom. The molecule has 0 fully saturated rings. The SMILES string of the molecule is COc1cccc(CNC(=O)N(C)Cc2ccccc2)c1. The van der Waals surface area contributed by atoms with Gasteiger partial charge in [-0.1, -0.05) is 42.5 Å². The van der Waals surface area contributed by atoms with Crippen LogP contribution in [0.2, 0.25) is 0 Å². The number of nitrogens with zero attached hydrogens (tertiary/aromatic N) is 1. The van der Waals surface area contributed by atoms with E-state index in [-0.39, 0.29) is 6.03 Å². The molecule has 0 aromatic heterocycles. The summed E-state index contributed by atoms with van der Waals surface area (Å²) in [7, 11) is 3.42. The number of hydrogen-bond acceptors (Lipinski definition) is 2. The maximum Gasteiger partial charge on any atom is 0.317 e. The summed E-state index contributed by atoms with van der Waals surface area (Å²) in [4.78, 5) is 13.7. The monoisotopic (exact) mass is 284 g/mol. The third-order valence-electron chi connectivity index (χ3n) is 3.19. The lowest BCUT2D eigenvalue weighted by molar-refractivity contribution is 0.206. The van der Waals surface area contributed by atoms with Crippen LogP contribution in [0.4, 0.5) is 4.79 Å². The first-order valence-corrected chi connectivity index (χ1v) is 6.85. The van der Waals surface area contributed by atoms with Crippen molar-refractivity contribution in [3.8, 4) is 5.75 Å². The summed E-state index contributed by atoms with van der Waals surface area (Å²) in [6.07, 6.45) is 0. The van der Waals surface area contributed by atoms with Crippen LogP contribution in [-0.2, 0) is 13.1 Å². The zero-order valence-electron chi connectivity index (χ0n) is 12.4. The highest BCUT2D eigenvalue weighted by Crippen LogP contribution is 2.12. The van der Waals surface area contributed by atoms with Crippen molar-refractivity contribution in [3.63, 3.8) is 0 Å². The van der Waals surface area contributed by atoms with Gasteiger partial charge in [-0.25, -0.2) is 4.79 Å². The van der Waals surface area contributed by atoms with E-state index in [0.29, 0.717) is 13.1 Å². The molecule has 1 N–H and O–H groups in total. The Balaban J connectivity index is 1.86. The summed E-state index contributed by atoms with van der Waals surface area (Å²) in [5, 5.41) is 2.90. The van der Waals surface area contributed by atoms with Crippen molar-refractivity contribution in [1.82, 2.24) is 10.2 Å². The van der Waals surface area contributed by atoms with E-state index in [9.17, 15) is 4.79 Å².